The number of aryl methyl sites for hydroxylation is 1. The number of anilines is 1. The van der Waals surface area contributed by atoms with Gasteiger partial charge in [0.1, 0.15) is 0 Å². The Hall–Kier alpha value is -1.10. The number of aliphatic hydroxyl groups excluding tert-OH is 1. The fourth-order valence-corrected chi connectivity index (χ4v) is 1.83. The lowest BCUT2D eigenvalue weighted by Gasteiger charge is -2.19. The van der Waals surface area contributed by atoms with E-state index >= 15 is 0 Å². The second-order valence-electron chi connectivity index (χ2n) is 4.92. The van der Waals surface area contributed by atoms with Crippen LogP contribution in [0.5, 0.6) is 0 Å². The van der Waals surface area contributed by atoms with Gasteiger partial charge in [0.2, 0.25) is 5.91 Å². The van der Waals surface area contributed by atoms with Crippen LogP contribution in [0.15, 0.2) is 18.2 Å². The summed E-state index contributed by atoms with van der Waals surface area (Å²) < 4.78 is 0. The first kappa shape index (κ1) is 16.0. The number of carbonyl (C=O) groups is 1. The molecule has 0 bridgehead atoms. The van der Waals surface area contributed by atoms with Gasteiger partial charge >= 0.3 is 0 Å². The highest BCUT2D eigenvalue weighted by molar-refractivity contribution is 6.31. The number of hydrogen-bond donors (Lipinski definition) is 3. The van der Waals surface area contributed by atoms with Gasteiger partial charge < -0.3 is 15.7 Å². The van der Waals surface area contributed by atoms with E-state index in [0.717, 1.165) is 5.56 Å². The molecule has 0 aromatic heterocycles. The normalized spacial score (nSPS) is 12.5. The fourth-order valence-electron chi connectivity index (χ4n) is 1.66. The largest absolute Gasteiger partial charge is 0.395 e. The van der Waals surface area contributed by atoms with Gasteiger partial charge in [-0.05, 0) is 30.5 Å². The number of carbonyl (C=O) groups excluding carboxylic acids is 1. The first-order valence-electron chi connectivity index (χ1n) is 6.34. The summed E-state index contributed by atoms with van der Waals surface area (Å²) in [7, 11) is 0. The maximum atomic E-state index is 11.8. The molecule has 19 heavy (non-hydrogen) atoms. The van der Waals surface area contributed by atoms with E-state index in [1.807, 2.05) is 26.8 Å². The zero-order chi connectivity index (χ0) is 14.4. The van der Waals surface area contributed by atoms with Crippen molar-refractivity contribution in [3.63, 3.8) is 0 Å². The van der Waals surface area contributed by atoms with Crippen molar-refractivity contribution in [2.24, 2.45) is 5.92 Å². The summed E-state index contributed by atoms with van der Waals surface area (Å²) in [5.74, 6) is 0.121. The molecule has 0 heterocycles. The molecule has 1 aromatic rings. The van der Waals surface area contributed by atoms with Gasteiger partial charge in [-0.1, -0.05) is 31.5 Å². The van der Waals surface area contributed by atoms with Gasteiger partial charge in [0.25, 0.3) is 0 Å². The Balaban J connectivity index is 2.53. The molecule has 0 aliphatic rings. The van der Waals surface area contributed by atoms with Crippen LogP contribution in [0.3, 0.4) is 0 Å². The van der Waals surface area contributed by atoms with Crippen molar-refractivity contribution in [3.05, 3.63) is 28.8 Å². The Morgan fingerprint density at radius 2 is 2.11 bits per heavy atom. The van der Waals surface area contributed by atoms with Crippen molar-refractivity contribution in [2.75, 3.05) is 18.5 Å². The van der Waals surface area contributed by atoms with Gasteiger partial charge in [-0.15, -0.1) is 0 Å². The average molecular weight is 285 g/mol. The standard InChI is InChI=1S/C14H21ClN2O2/c1-9(2)13(8-18)16-7-14(19)17-12-6-11(15)5-4-10(12)3/h4-6,9,13,16,18H,7-8H2,1-3H3,(H,17,19). The van der Waals surface area contributed by atoms with E-state index in [-0.39, 0.29) is 31.0 Å². The van der Waals surface area contributed by atoms with Crippen LogP contribution >= 0.6 is 11.6 Å². The molecule has 0 saturated carbocycles. The molecule has 0 saturated heterocycles. The molecule has 5 heteroatoms. The van der Waals surface area contributed by atoms with E-state index in [1.165, 1.54) is 0 Å². The minimum Gasteiger partial charge on any atom is -0.395 e. The summed E-state index contributed by atoms with van der Waals surface area (Å²) >= 11 is 5.89. The number of halogens is 1. The predicted molar refractivity (Wildman–Crippen MR) is 78.5 cm³/mol. The topological polar surface area (TPSA) is 61.4 Å². The molecule has 0 spiro atoms. The molecule has 1 amide bonds. The van der Waals surface area contributed by atoms with Crippen molar-refractivity contribution in [1.29, 1.82) is 0 Å². The van der Waals surface area contributed by atoms with Crippen LogP contribution in [0.2, 0.25) is 5.02 Å². The highest BCUT2D eigenvalue weighted by atomic mass is 35.5. The van der Waals surface area contributed by atoms with Gasteiger partial charge in [0.15, 0.2) is 0 Å². The Bertz CT molecular complexity index is 435. The lowest BCUT2D eigenvalue weighted by atomic mass is 10.1. The zero-order valence-corrected chi connectivity index (χ0v) is 12.3. The molecule has 0 radical (unpaired) electrons. The maximum absolute atomic E-state index is 11.8. The van der Waals surface area contributed by atoms with Crippen molar-refractivity contribution in [3.8, 4) is 0 Å². The third-order valence-corrected chi connectivity index (χ3v) is 3.24. The summed E-state index contributed by atoms with van der Waals surface area (Å²) in [6.07, 6.45) is 0. The minimum atomic E-state index is -0.149. The smallest absolute Gasteiger partial charge is 0.238 e. The van der Waals surface area contributed by atoms with Crippen molar-refractivity contribution in [1.82, 2.24) is 5.32 Å². The molecule has 3 N–H and O–H groups in total. The number of nitrogens with one attached hydrogen (secondary N) is 2. The van der Waals surface area contributed by atoms with E-state index in [4.69, 9.17) is 16.7 Å². The third kappa shape index (κ3) is 5.19. The SMILES string of the molecule is Cc1ccc(Cl)cc1NC(=O)CNC(CO)C(C)C. The van der Waals surface area contributed by atoms with E-state index in [0.29, 0.717) is 10.7 Å². The molecule has 1 aromatic carbocycles. The van der Waals surface area contributed by atoms with Gasteiger partial charge in [-0.3, -0.25) is 4.79 Å². The van der Waals surface area contributed by atoms with Crippen molar-refractivity contribution < 1.29 is 9.90 Å². The maximum Gasteiger partial charge on any atom is 0.238 e. The van der Waals surface area contributed by atoms with Crippen LogP contribution in [0.25, 0.3) is 0 Å². The Morgan fingerprint density at radius 3 is 2.68 bits per heavy atom. The lowest BCUT2D eigenvalue weighted by molar-refractivity contribution is -0.115. The lowest BCUT2D eigenvalue weighted by Crippen LogP contribution is -2.41. The van der Waals surface area contributed by atoms with E-state index < -0.39 is 0 Å². The van der Waals surface area contributed by atoms with Crippen molar-refractivity contribution in [2.45, 2.75) is 26.8 Å². The number of benzene rings is 1. The molecule has 0 aliphatic heterocycles. The molecule has 1 atom stereocenters. The van der Waals surface area contributed by atoms with Gasteiger partial charge in [0.05, 0.1) is 13.2 Å². The van der Waals surface area contributed by atoms with Gasteiger partial charge in [-0.25, -0.2) is 0 Å². The van der Waals surface area contributed by atoms with Crippen LogP contribution in [0, 0.1) is 12.8 Å². The molecule has 1 unspecified atom stereocenters. The van der Waals surface area contributed by atoms with Gasteiger partial charge in [-0.2, -0.15) is 0 Å². The summed E-state index contributed by atoms with van der Waals surface area (Å²) in [6.45, 7) is 6.07. The fraction of sp³-hybridized carbons (Fsp3) is 0.500. The summed E-state index contributed by atoms with van der Waals surface area (Å²) in [6, 6.07) is 5.29. The molecular weight excluding hydrogens is 264 g/mol. The zero-order valence-electron chi connectivity index (χ0n) is 11.5. The van der Waals surface area contributed by atoms with Crippen molar-refractivity contribution >= 4 is 23.2 Å². The number of hydrogen-bond acceptors (Lipinski definition) is 3. The van der Waals surface area contributed by atoms with E-state index in [2.05, 4.69) is 10.6 Å². The highest BCUT2D eigenvalue weighted by Gasteiger charge is 2.13. The molecular formula is C14H21ClN2O2. The monoisotopic (exact) mass is 284 g/mol. The third-order valence-electron chi connectivity index (χ3n) is 3.00. The highest BCUT2D eigenvalue weighted by Crippen LogP contribution is 2.19. The summed E-state index contributed by atoms with van der Waals surface area (Å²) in [5, 5.41) is 15.6. The molecule has 4 nitrogen and oxygen atoms in total. The quantitative estimate of drug-likeness (QED) is 0.750. The Morgan fingerprint density at radius 1 is 1.42 bits per heavy atom. The molecule has 106 valence electrons. The second-order valence-corrected chi connectivity index (χ2v) is 5.36. The second kappa shape index (κ2) is 7.48. The Kier molecular flexibility index (Phi) is 6.28. The number of aliphatic hydroxyl groups is 1. The van der Waals surface area contributed by atoms with Crippen LogP contribution in [0.1, 0.15) is 19.4 Å². The predicted octanol–water partition coefficient (Wildman–Crippen LogP) is 2.19. The summed E-state index contributed by atoms with van der Waals surface area (Å²) in [5.41, 5.74) is 1.67. The first-order valence-corrected chi connectivity index (χ1v) is 6.72. The number of amides is 1. The molecule has 1 rings (SSSR count). The van der Waals surface area contributed by atoms with Crippen LogP contribution in [0.4, 0.5) is 5.69 Å². The Labute approximate surface area is 119 Å². The summed E-state index contributed by atoms with van der Waals surface area (Å²) in [4.78, 5) is 11.8. The molecule has 0 fully saturated rings. The minimum absolute atomic E-state index is 0.0150. The van der Waals surface area contributed by atoms with Crippen LogP contribution in [-0.2, 0) is 4.79 Å². The van der Waals surface area contributed by atoms with E-state index in [1.54, 1.807) is 12.1 Å². The number of rotatable bonds is 6. The van der Waals surface area contributed by atoms with Gasteiger partial charge in [0, 0.05) is 16.8 Å². The van der Waals surface area contributed by atoms with Crippen LogP contribution in [-0.4, -0.2) is 30.2 Å². The average Bonchev–Trinajstić information content (AvgIpc) is 2.34. The van der Waals surface area contributed by atoms with E-state index in [9.17, 15) is 4.79 Å². The molecule has 0 aliphatic carbocycles. The first-order chi connectivity index (χ1) is 8.93. The van der Waals surface area contributed by atoms with Crippen LogP contribution < -0.4 is 10.6 Å².